The Balaban J connectivity index is 1.93. The second-order valence-electron chi connectivity index (χ2n) is 8.26. The first-order chi connectivity index (χ1) is 16.8. The molecule has 3 rings (SSSR count). The molecule has 186 valence electrons. The summed E-state index contributed by atoms with van der Waals surface area (Å²) >= 11 is 0. The van der Waals surface area contributed by atoms with Crippen molar-refractivity contribution in [2.75, 3.05) is 18.1 Å². The van der Waals surface area contributed by atoms with Crippen LogP contribution in [0.5, 0.6) is 0 Å². The van der Waals surface area contributed by atoms with Crippen LogP contribution in [-0.4, -0.2) is 54.2 Å². The van der Waals surface area contributed by atoms with Crippen molar-refractivity contribution in [3.8, 4) is 0 Å². The van der Waals surface area contributed by atoms with Crippen molar-refractivity contribution in [1.29, 1.82) is 0 Å². The summed E-state index contributed by atoms with van der Waals surface area (Å²) in [7, 11) is 0. The van der Waals surface area contributed by atoms with Crippen LogP contribution in [0.25, 0.3) is 0 Å². The third-order valence-electron chi connectivity index (χ3n) is 5.73. The highest BCUT2D eigenvalue weighted by Crippen LogP contribution is 2.36. The Morgan fingerprint density at radius 1 is 1.11 bits per heavy atom. The number of amides is 1. The van der Waals surface area contributed by atoms with Gasteiger partial charge in [0.2, 0.25) is 5.91 Å². The van der Waals surface area contributed by atoms with Crippen molar-refractivity contribution in [2.45, 2.75) is 51.3 Å². The number of fused-ring (bicyclic) bond motifs is 1. The van der Waals surface area contributed by atoms with Crippen LogP contribution in [-0.2, 0) is 35.1 Å². The highest BCUT2D eigenvalue weighted by molar-refractivity contribution is 6.02. The number of aliphatic carboxylic acids is 1. The zero-order valence-corrected chi connectivity index (χ0v) is 19.8. The molecule has 2 aromatic carbocycles. The second kappa shape index (κ2) is 12.1. The Bertz CT molecular complexity index is 1060. The number of nitrogens with zero attached hydrogens (tertiary/aromatic N) is 1. The monoisotopic (exact) mass is 482 g/mol. The fraction of sp³-hybridized carbons (Fsp3) is 0.385. The van der Waals surface area contributed by atoms with Crippen LogP contribution >= 0.6 is 0 Å². The number of rotatable bonds is 10. The quantitative estimate of drug-likeness (QED) is 0.496. The van der Waals surface area contributed by atoms with Crippen molar-refractivity contribution >= 4 is 29.5 Å². The molecule has 0 saturated carbocycles. The number of benzene rings is 2. The Morgan fingerprint density at radius 3 is 2.46 bits per heavy atom. The third-order valence-corrected chi connectivity index (χ3v) is 5.73. The number of para-hydroxylation sites is 1. The summed E-state index contributed by atoms with van der Waals surface area (Å²) in [6, 6.07) is 14.5. The van der Waals surface area contributed by atoms with E-state index in [9.17, 15) is 24.3 Å². The minimum Gasteiger partial charge on any atom is -0.480 e. The number of ether oxygens (including phenoxy) is 2. The van der Waals surface area contributed by atoms with Crippen molar-refractivity contribution in [1.82, 2.24) is 5.32 Å². The molecule has 0 radical (unpaired) electrons. The van der Waals surface area contributed by atoms with Crippen LogP contribution in [0, 0.1) is 0 Å². The molecule has 1 aliphatic rings. The summed E-state index contributed by atoms with van der Waals surface area (Å²) in [5.74, 6) is -2.76. The van der Waals surface area contributed by atoms with Crippen LogP contribution in [0.4, 0.5) is 5.69 Å². The van der Waals surface area contributed by atoms with Gasteiger partial charge in [-0.15, -0.1) is 0 Å². The predicted molar refractivity (Wildman–Crippen MR) is 128 cm³/mol. The lowest BCUT2D eigenvalue weighted by molar-refractivity contribution is -0.149. The van der Waals surface area contributed by atoms with Crippen LogP contribution in [0.15, 0.2) is 54.6 Å². The van der Waals surface area contributed by atoms with Gasteiger partial charge in [-0.25, -0.2) is 0 Å². The van der Waals surface area contributed by atoms with Gasteiger partial charge in [0.1, 0.15) is 18.7 Å². The van der Waals surface area contributed by atoms with E-state index in [0.29, 0.717) is 24.1 Å². The van der Waals surface area contributed by atoms with Gasteiger partial charge < -0.3 is 14.6 Å². The number of carboxylic acids is 1. The normalized spacial score (nSPS) is 18.2. The summed E-state index contributed by atoms with van der Waals surface area (Å²) in [4.78, 5) is 51.0. The van der Waals surface area contributed by atoms with Gasteiger partial charge in [-0.1, -0.05) is 48.5 Å². The fourth-order valence-corrected chi connectivity index (χ4v) is 4.21. The number of nitrogens with one attached hydrogen (secondary N) is 1. The van der Waals surface area contributed by atoms with Gasteiger partial charge in [-0.3, -0.25) is 29.4 Å². The molecule has 0 aliphatic carbocycles. The molecule has 0 spiro atoms. The number of aryl methyl sites for hydroxylation is 1. The summed E-state index contributed by atoms with van der Waals surface area (Å²) < 4.78 is 10.8. The Morgan fingerprint density at radius 2 is 1.80 bits per heavy atom. The molecule has 9 heteroatoms. The molecule has 1 amide bonds. The lowest BCUT2D eigenvalue weighted by Crippen LogP contribution is -2.53. The molecule has 9 nitrogen and oxygen atoms in total. The van der Waals surface area contributed by atoms with Crippen molar-refractivity contribution < 1.29 is 33.8 Å². The molecule has 3 unspecified atom stereocenters. The number of carbonyl (C=O) groups excluding carboxylic acids is 3. The number of esters is 2. The first-order valence-corrected chi connectivity index (χ1v) is 11.6. The maximum Gasteiger partial charge on any atom is 0.323 e. The summed E-state index contributed by atoms with van der Waals surface area (Å²) in [6.07, 6.45) is 0.148. The maximum absolute atomic E-state index is 13.6. The minimum atomic E-state index is -1.19. The number of hydrogen-bond acceptors (Lipinski definition) is 7. The van der Waals surface area contributed by atoms with E-state index < -0.39 is 48.5 Å². The molecular formula is C26H30N2O7. The first-order valence-electron chi connectivity index (χ1n) is 11.6. The predicted octanol–water partition coefficient (Wildman–Crippen LogP) is 2.63. The Kier molecular flexibility index (Phi) is 8.97. The number of hydrogen-bond donors (Lipinski definition) is 2. The number of carbonyl (C=O) groups is 4. The molecule has 0 bridgehead atoms. The van der Waals surface area contributed by atoms with E-state index in [1.165, 1.54) is 6.92 Å². The lowest BCUT2D eigenvalue weighted by Gasteiger charge is -2.27. The average molecular weight is 483 g/mol. The SMILES string of the molecule is CCOC(=O)C(CCc1ccccc1)NC1CC(OC(C)=O)c2ccccc2N(CC(=O)O)C1=O. The highest BCUT2D eigenvalue weighted by atomic mass is 16.5. The van der Waals surface area contributed by atoms with Gasteiger partial charge in [-0.2, -0.15) is 0 Å². The summed E-state index contributed by atoms with van der Waals surface area (Å²) in [5.41, 5.74) is 1.90. The Labute approximate surface area is 204 Å². The summed E-state index contributed by atoms with van der Waals surface area (Å²) in [5, 5.41) is 12.6. The second-order valence-corrected chi connectivity index (χ2v) is 8.26. The van der Waals surface area contributed by atoms with E-state index in [4.69, 9.17) is 9.47 Å². The van der Waals surface area contributed by atoms with E-state index in [2.05, 4.69) is 5.32 Å². The maximum atomic E-state index is 13.6. The van der Waals surface area contributed by atoms with Crippen LogP contribution in [0.3, 0.4) is 0 Å². The van der Waals surface area contributed by atoms with E-state index in [1.807, 2.05) is 30.3 Å². The van der Waals surface area contributed by atoms with E-state index in [0.717, 1.165) is 10.5 Å². The highest BCUT2D eigenvalue weighted by Gasteiger charge is 2.39. The fourth-order valence-electron chi connectivity index (χ4n) is 4.21. The first kappa shape index (κ1) is 25.9. The molecule has 0 aromatic heterocycles. The standard InChI is InChI=1S/C26H30N2O7/c1-3-34-26(33)20(14-13-18-9-5-4-6-10-18)27-21-15-23(35-17(2)29)19-11-7-8-12-22(19)28(25(21)32)16-24(30)31/h4-12,20-21,23,27H,3,13-16H2,1-2H3,(H,30,31). The number of carboxylic acid groups (broad SMARTS) is 1. The largest absolute Gasteiger partial charge is 0.480 e. The van der Waals surface area contributed by atoms with Crippen molar-refractivity contribution in [3.63, 3.8) is 0 Å². The van der Waals surface area contributed by atoms with Crippen LogP contribution in [0.2, 0.25) is 0 Å². The molecule has 35 heavy (non-hydrogen) atoms. The molecule has 1 aliphatic heterocycles. The molecule has 1 heterocycles. The zero-order valence-electron chi connectivity index (χ0n) is 19.8. The number of anilines is 1. The molecule has 3 atom stereocenters. The third kappa shape index (κ3) is 6.89. The van der Waals surface area contributed by atoms with Crippen LogP contribution in [0.1, 0.15) is 43.9 Å². The van der Waals surface area contributed by atoms with Gasteiger partial charge in [0.25, 0.3) is 0 Å². The van der Waals surface area contributed by atoms with Crippen LogP contribution < -0.4 is 10.2 Å². The molecule has 0 fully saturated rings. The van der Waals surface area contributed by atoms with E-state index in [-0.39, 0.29) is 13.0 Å². The van der Waals surface area contributed by atoms with Gasteiger partial charge in [-0.05, 0) is 31.4 Å². The van der Waals surface area contributed by atoms with Crippen molar-refractivity contribution in [2.24, 2.45) is 0 Å². The lowest BCUT2D eigenvalue weighted by atomic mass is 10.00. The van der Waals surface area contributed by atoms with Gasteiger partial charge in [0, 0.05) is 18.9 Å². The minimum absolute atomic E-state index is 0.0345. The van der Waals surface area contributed by atoms with Gasteiger partial charge in [0.15, 0.2) is 0 Å². The van der Waals surface area contributed by atoms with E-state index >= 15 is 0 Å². The topological polar surface area (TPSA) is 122 Å². The zero-order chi connectivity index (χ0) is 25.4. The smallest absolute Gasteiger partial charge is 0.323 e. The van der Waals surface area contributed by atoms with E-state index in [1.54, 1.807) is 31.2 Å². The van der Waals surface area contributed by atoms with Gasteiger partial charge in [0.05, 0.1) is 18.3 Å². The molecule has 2 aromatic rings. The summed E-state index contributed by atoms with van der Waals surface area (Å²) in [6.45, 7) is 2.57. The molecule has 2 N–H and O–H groups in total. The Hall–Kier alpha value is -3.72. The molecular weight excluding hydrogens is 452 g/mol. The van der Waals surface area contributed by atoms with Gasteiger partial charge >= 0.3 is 17.9 Å². The van der Waals surface area contributed by atoms with Crippen molar-refractivity contribution in [3.05, 3.63) is 65.7 Å². The molecule has 0 saturated heterocycles. The average Bonchev–Trinajstić information content (AvgIpc) is 2.93.